The van der Waals surface area contributed by atoms with Gasteiger partial charge < -0.3 is 58.7 Å². The molecular formula is C40H70O15. The van der Waals surface area contributed by atoms with Crippen molar-refractivity contribution in [3.05, 3.63) is 12.2 Å². The summed E-state index contributed by atoms with van der Waals surface area (Å²) in [7, 11) is 0. The minimum Gasteiger partial charge on any atom is -0.466 e. The van der Waals surface area contributed by atoms with Crippen LogP contribution in [0.5, 0.6) is 0 Å². The van der Waals surface area contributed by atoms with Crippen LogP contribution in [0.1, 0.15) is 137 Å². The van der Waals surface area contributed by atoms with Gasteiger partial charge in [-0.25, -0.2) is 0 Å². The second-order valence-corrected chi connectivity index (χ2v) is 14.7. The summed E-state index contributed by atoms with van der Waals surface area (Å²) in [5.74, 6) is -1.33. The first-order valence-electron chi connectivity index (χ1n) is 20.4. The molecule has 2 aliphatic heterocycles. The van der Waals surface area contributed by atoms with E-state index in [1.54, 1.807) is 0 Å². The summed E-state index contributed by atoms with van der Waals surface area (Å²) in [6, 6.07) is 0. The van der Waals surface area contributed by atoms with E-state index in [2.05, 4.69) is 19.1 Å². The fraction of sp³-hybridized carbons (Fsp3) is 0.875. The molecule has 2 rings (SSSR count). The van der Waals surface area contributed by atoms with Crippen LogP contribution in [0.25, 0.3) is 0 Å². The molecule has 2 aliphatic rings. The van der Waals surface area contributed by atoms with Crippen molar-refractivity contribution >= 4 is 17.9 Å². The molecule has 0 aromatic heterocycles. The van der Waals surface area contributed by atoms with Gasteiger partial charge in [-0.15, -0.1) is 0 Å². The van der Waals surface area contributed by atoms with E-state index in [9.17, 15) is 39.9 Å². The Balaban J connectivity index is 1.72. The number of hydrogen-bond donors (Lipinski definition) is 5. The van der Waals surface area contributed by atoms with Crippen molar-refractivity contribution in [1.82, 2.24) is 0 Å². The van der Waals surface area contributed by atoms with E-state index in [0.717, 1.165) is 90.4 Å². The van der Waals surface area contributed by atoms with Crippen LogP contribution in [0.3, 0.4) is 0 Å². The minimum absolute atomic E-state index is 0.0710. The molecule has 0 spiro atoms. The van der Waals surface area contributed by atoms with Crippen molar-refractivity contribution in [2.24, 2.45) is 0 Å². The van der Waals surface area contributed by atoms with Crippen molar-refractivity contribution in [1.29, 1.82) is 0 Å². The quantitative estimate of drug-likeness (QED) is 0.0329. The van der Waals surface area contributed by atoms with Crippen LogP contribution in [0.15, 0.2) is 12.2 Å². The molecule has 2 heterocycles. The number of rotatable bonds is 28. The third-order valence-corrected chi connectivity index (χ3v) is 9.78. The first-order chi connectivity index (χ1) is 26.3. The maximum atomic E-state index is 11.8. The molecule has 2 fully saturated rings. The maximum absolute atomic E-state index is 11.8. The Hall–Kier alpha value is -2.21. The Bertz CT molecular complexity index is 1090. The van der Waals surface area contributed by atoms with E-state index in [4.69, 9.17) is 33.2 Å². The molecule has 2 saturated heterocycles. The van der Waals surface area contributed by atoms with Gasteiger partial charge >= 0.3 is 17.9 Å². The third kappa shape index (κ3) is 19.7. The smallest absolute Gasteiger partial charge is 0.305 e. The normalized spacial score (nSPS) is 28.9. The van der Waals surface area contributed by atoms with Gasteiger partial charge in [-0.05, 0) is 51.9 Å². The Morgan fingerprint density at radius 1 is 0.618 bits per heavy atom. The lowest BCUT2D eigenvalue weighted by atomic mass is 9.97. The van der Waals surface area contributed by atoms with Gasteiger partial charge in [-0.2, -0.15) is 0 Å². The van der Waals surface area contributed by atoms with Crippen molar-refractivity contribution in [2.45, 2.75) is 204 Å². The summed E-state index contributed by atoms with van der Waals surface area (Å²) < 4.78 is 38.7. The lowest BCUT2D eigenvalue weighted by Gasteiger charge is -2.46. The molecule has 15 nitrogen and oxygen atoms in total. The van der Waals surface area contributed by atoms with Crippen LogP contribution in [-0.4, -0.2) is 131 Å². The second-order valence-electron chi connectivity index (χ2n) is 14.7. The molecule has 0 radical (unpaired) electrons. The topological polar surface area (TPSA) is 217 Å². The SMILES string of the molecule is CCCCCCOC(=O)CCCCCCC/C=C\CCCCCC[C@H](C)O[C@@H]1O[C@H](COC(C)=O)[C@@H](O)[C@H](O)[C@H]1O[C@@H]1O[C@H](COC(C)=O)[C@@H](O)[C@H](O)[C@H]1O. The number of carbonyl (C=O) groups excluding carboxylic acids is 3. The highest BCUT2D eigenvalue weighted by Gasteiger charge is 2.51. The number of carbonyl (C=O) groups is 3. The lowest BCUT2D eigenvalue weighted by Crippen LogP contribution is -2.65. The molecule has 320 valence electrons. The molecule has 0 aromatic rings. The van der Waals surface area contributed by atoms with Gasteiger partial charge in [0.1, 0.15) is 62.0 Å². The summed E-state index contributed by atoms with van der Waals surface area (Å²) >= 11 is 0. The molecular weight excluding hydrogens is 720 g/mol. The number of aliphatic hydroxyl groups excluding tert-OH is 5. The number of hydrogen-bond acceptors (Lipinski definition) is 15. The minimum atomic E-state index is -1.77. The van der Waals surface area contributed by atoms with E-state index in [1.807, 2.05) is 6.92 Å². The number of esters is 3. The Morgan fingerprint density at radius 2 is 1.15 bits per heavy atom. The summed E-state index contributed by atoms with van der Waals surface area (Å²) in [4.78, 5) is 34.5. The number of unbranched alkanes of at least 4 members (excludes halogenated alkanes) is 12. The van der Waals surface area contributed by atoms with Crippen LogP contribution in [0, 0.1) is 0 Å². The average Bonchev–Trinajstić information content (AvgIpc) is 3.14. The monoisotopic (exact) mass is 790 g/mol. The van der Waals surface area contributed by atoms with E-state index in [1.165, 1.54) is 19.8 Å². The summed E-state index contributed by atoms with van der Waals surface area (Å²) in [6.45, 7) is 6.09. The fourth-order valence-corrected chi connectivity index (χ4v) is 6.45. The van der Waals surface area contributed by atoms with Crippen molar-refractivity contribution in [3.8, 4) is 0 Å². The summed E-state index contributed by atoms with van der Waals surface area (Å²) in [5.41, 5.74) is 0. The van der Waals surface area contributed by atoms with Crippen LogP contribution < -0.4 is 0 Å². The second kappa shape index (κ2) is 28.2. The highest BCUT2D eigenvalue weighted by Crippen LogP contribution is 2.31. The number of aliphatic hydroxyl groups is 5. The molecule has 0 unspecified atom stereocenters. The Kier molecular flexibility index (Phi) is 25.1. The predicted molar refractivity (Wildman–Crippen MR) is 200 cm³/mol. The zero-order chi connectivity index (χ0) is 40.6. The van der Waals surface area contributed by atoms with Gasteiger partial charge in [0.15, 0.2) is 12.6 Å². The molecule has 0 aliphatic carbocycles. The van der Waals surface area contributed by atoms with Crippen molar-refractivity contribution < 1.29 is 73.1 Å². The average molecular weight is 791 g/mol. The lowest BCUT2D eigenvalue weighted by molar-refractivity contribution is -0.371. The van der Waals surface area contributed by atoms with Crippen molar-refractivity contribution in [3.63, 3.8) is 0 Å². The fourth-order valence-electron chi connectivity index (χ4n) is 6.45. The van der Waals surface area contributed by atoms with Crippen LogP contribution in [-0.2, 0) is 47.5 Å². The molecule has 0 bridgehead atoms. The summed E-state index contributed by atoms with van der Waals surface area (Å²) in [5, 5.41) is 53.3. The zero-order valence-corrected chi connectivity index (χ0v) is 33.5. The molecule has 11 atom stereocenters. The van der Waals surface area contributed by atoms with Crippen LogP contribution in [0.2, 0.25) is 0 Å². The van der Waals surface area contributed by atoms with Gasteiger partial charge in [-0.1, -0.05) is 76.9 Å². The highest BCUT2D eigenvalue weighted by atomic mass is 16.8. The summed E-state index contributed by atoms with van der Waals surface area (Å²) in [6.07, 6.45) is 5.91. The van der Waals surface area contributed by atoms with E-state index in [-0.39, 0.29) is 18.7 Å². The molecule has 0 saturated carbocycles. The molecule has 0 aromatic carbocycles. The van der Waals surface area contributed by atoms with Crippen molar-refractivity contribution in [2.75, 3.05) is 19.8 Å². The first-order valence-corrected chi connectivity index (χ1v) is 20.4. The van der Waals surface area contributed by atoms with E-state index < -0.39 is 80.0 Å². The standard InChI is InChI=1S/C40H70O15/c1-5-6-7-21-24-49-32(43)23-20-18-16-14-12-10-8-9-11-13-15-17-19-22-27(2)52-40-38(36(47)34(45)31(54-40)26-51-29(4)42)55-39-37(48)35(46)33(44)30(53-39)25-50-28(3)41/h8-9,27,30-31,33-40,44-48H,5-7,10-26H2,1-4H3/b9-8-/t27-,30+,31+,33+,34+,35-,36-,37+,38+,39-,40+/m0/s1. The predicted octanol–water partition coefficient (Wildman–Crippen LogP) is 3.91. The molecule has 15 heteroatoms. The zero-order valence-electron chi connectivity index (χ0n) is 33.5. The Labute approximate surface area is 327 Å². The van der Waals surface area contributed by atoms with Gasteiger partial charge in [0.25, 0.3) is 0 Å². The van der Waals surface area contributed by atoms with Gasteiger partial charge in [-0.3, -0.25) is 14.4 Å². The number of allylic oxidation sites excluding steroid dienone is 2. The van der Waals surface area contributed by atoms with Gasteiger partial charge in [0.2, 0.25) is 0 Å². The molecule has 0 amide bonds. The van der Waals surface area contributed by atoms with Gasteiger partial charge in [0, 0.05) is 20.3 Å². The van der Waals surface area contributed by atoms with E-state index in [0.29, 0.717) is 19.4 Å². The largest absolute Gasteiger partial charge is 0.466 e. The first kappa shape index (κ1) is 48.9. The van der Waals surface area contributed by atoms with Crippen LogP contribution >= 0.6 is 0 Å². The van der Waals surface area contributed by atoms with E-state index >= 15 is 0 Å². The third-order valence-electron chi connectivity index (χ3n) is 9.78. The molecule has 55 heavy (non-hydrogen) atoms. The maximum Gasteiger partial charge on any atom is 0.305 e. The van der Waals surface area contributed by atoms with Gasteiger partial charge in [0.05, 0.1) is 12.7 Å². The Morgan fingerprint density at radius 3 is 1.75 bits per heavy atom. The highest BCUT2D eigenvalue weighted by molar-refractivity contribution is 5.69. The van der Waals surface area contributed by atoms with Crippen LogP contribution in [0.4, 0.5) is 0 Å². The molecule has 5 N–H and O–H groups in total. The number of ether oxygens (including phenoxy) is 7.